The molecule has 0 fully saturated rings. The standard InChI is InChI=1S/C18H18N4O2/c1-4-13-6-5-7-15(10-13)21-17(23)12-20-18(24)14-8-9-19-16(11-14)22(2)3/h1,5-11H,12H2,2-3H3,(H,20,24)(H,21,23). The van der Waals surface area contributed by atoms with Gasteiger partial charge in [-0.3, -0.25) is 9.59 Å². The number of hydrogen-bond donors (Lipinski definition) is 2. The van der Waals surface area contributed by atoms with Crippen molar-refractivity contribution < 1.29 is 9.59 Å². The smallest absolute Gasteiger partial charge is 0.251 e. The van der Waals surface area contributed by atoms with E-state index in [9.17, 15) is 9.59 Å². The Morgan fingerprint density at radius 2 is 2.04 bits per heavy atom. The lowest BCUT2D eigenvalue weighted by Gasteiger charge is -2.12. The second-order valence-electron chi connectivity index (χ2n) is 5.25. The number of benzene rings is 1. The Bertz CT molecular complexity index is 794. The summed E-state index contributed by atoms with van der Waals surface area (Å²) < 4.78 is 0. The molecular formula is C18H18N4O2. The average molecular weight is 322 g/mol. The van der Waals surface area contributed by atoms with Crippen molar-refractivity contribution in [3.05, 3.63) is 53.7 Å². The fraction of sp³-hybridized carbons (Fsp3) is 0.167. The zero-order valence-electron chi connectivity index (χ0n) is 13.5. The van der Waals surface area contributed by atoms with Crippen LogP contribution >= 0.6 is 0 Å². The molecule has 2 amide bonds. The Morgan fingerprint density at radius 3 is 2.75 bits per heavy atom. The maximum absolute atomic E-state index is 12.1. The molecule has 2 aromatic rings. The van der Waals surface area contributed by atoms with Crippen LogP contribution in [-0.2, 0) is 4.79 Å². The van der Waals surface area contributed by atoms with Gasteiger partial charge in [0.25, 0.3) is 5.91 Å². The average Bonchev–Trinajstić information content (AvgIpc) is 2.60. The minimum Gasteiger partial charge on any atom is -0.363 e. The van der Waals surface area contributed by atoms with Gasteiger partial charge in [-0.05, 0) is 30.3 Å². The topological polar surface area (TPSA) is 74.3 Å². The second-order valence-corrected chi connectivity index (χ2v) is 5.25. The molecule has 2 rings (SSSR count). The molecule has 122 valence electrons. The quantitative estimate of drug-likeness (QED) is 0.818. The maximum atomic E-state index is 12.1. The van der Waals surface area contributed by atoms with E-state index in [1.165, 1.54) is 0 Å². The SMILES string of the molecule is C#Cc1cccc(NC(=O)CNC(=O)c2ccnc(N(C)C)c2)c1. The number of terminal acetylenes is 1. The van der Waals surface area contributed by atoms with Crippen molar-refractivity contribution in [3.63, 3.8) is 0 Å². The van der Waals surface area contributed by atoms with Crippen LogP contribution in [0, 0.1) is 12.3 Å². The van der Waals surface area contributed by atoms with E-state index in [2.05, 4.69) is 21.5 Å². The van der Waals surface area contributed by atoms with Crippen LogP contribution in [0.4, 0.5) is 11.5 Å². The highest BCUT2D eigenvalue weighted by Gasteiger charge is 2.10. The van der Waals surface area contributed by atoms with E-state index in [1.807, 2.05) is 14.1 Å². The van der Waals surface area contributed by atoms with Crippen molar-refractivity contribution >= 4 is 23.3 Å². The summed E-state index contributed by atoms with van der Waals surface area (Å²) in [5.74, 6) is 2.49. The fourth-order valence-corrected chi connectivity index (χ4v) is 1.96. The number of anilines is 2. The monoisotopic (exact) mass is 322 g/mol. The molecule has 0 saturated carbocycles. The summed E-state index contributed by atoms with van der Waals surface area (Å²) in [6.45, 7) is -0.140. The first kappa shape index (κ1) is 17.0. The molecule has 1 aromatic heterocycles. The second kappa shape index (κ2) is 7.79. The van der Waals surface area contributed by atoms with Gasteiger partial charge in [0.05, 0.1) is 6.54 Å². The number of amides is 2. The molecule has 0 radical (unpaired) electrons. The van der Waals surface area contributed by atoms with E-state index in [4.69, 9.17) is 6.42 Å². The lowest BCUT2D eigenvalue weighted by molar-refractivity contribution is -0.115. The van der Waals surface area contributed by atoms with Crippen LogP contribution in [0.15, 0.2) is 42.6 Å². The van der Waals surface area contributed by atoms with Gasteiger partial charge in [0, 0.05) is 37.1 Å². The van der Waals surface area contributed by atoms with Crippen LogP contribution in [0.3, 0.4) is 0 Å². The summed E-state index contributed by atoms with van der Waals surface area (Å²) >= 11 is 0. The number of carbonyl (C=O) groups excluding carboxylic acids is 2. The molecule has 0 unspecified atom stereocenters. The van der Waals surface area contributed by atoms with Crippen molar-refractivity contribution in [1.82, 2.24) is 10.3 Å². The molecular weight excluding hydrogens is 304 g/mol. The Labute approximate surface area is 140 Å². The lowest BCUT2D eigenvalue weighted by atomic mass is 10.2. The van der Waals surface area contributed by atoms with Crippen molar-refractivity contribution in [1.29, 1.82) is 0 Å². The summed E-state index contributed by atoms with van der Waals surface area (Å²) in [7, 11) is 3.67. The number of hydrogen-bond acceptors (Lipinski definition) is 4. The summed E-state index contributed by atoms with van der Waals surface area (Å²) in [6, 6.07) is 10.2. The molecule has 6 nitrogen and oxygen atoms in total. The van der Waals surface area contributed by atoms with Crippen LogP contribution in [-0.4, -0.2) is 37.4 Å². The van der Waals surface area contributed by atoms with E-state index in [0.29, 0.717) is 22.6 Å². The van der Waals surface area contributed by atoms with E-state index in [0.717, 1.165) is 0 Å². The molecule has 0 aliphatic heterocycles. The summed E-state index contributed by atoms with van der Waals surface area (Å²) in [6.07, 6.45) is 6.87. The normalized spacial score (nSPS) is 9.71. The Balaban J connectivity index is 1.92. The third-order valence-corrected chi connectivity index (χ3v) is 3.19. The molecule has 1 aromatic carbocycles. The van der Waals surface area contributed by atoms with Crippen LogP contribution in [0.1, 0.15) is 15.9 Å². The number of aromatic nitrogens is 1. The Kier molecular flexibility index (Phi) is 5.53. The van der Waals surface area contributed by atoms with Crippen molar-refractivity contribution in [3.8, 4) is 12.3 Å². The fourth-order valence-electron chi connectivity index (χ4n) is 1.96. The Hall–Kier alpha value is -3.33. The molecule has 0 saturated heterocycles. The number of nitrogens with one attached hydrogen (secondary N) is 2. The number of carbonyl (C=O) groups is 2. The Morgan fingerprint density at radius 1 is 1.25 bits per heavy atom. The van der Waals surface area contributed by atoms with Gasteiger partial charge in [0.2, 0.25) is 5.91 Å². The van der Waals surface area contributed by atoms with Gasteiger partial charge in [-0.1, -0.05) is 12.0 Å². The molecule has 6 heteroatoms. The van der Waals surface area contributed by atoms with E-state index >= 15 is 0 Å². The third-order valence-electron chi connectivity index (χ3n) is 3.19. The highest BCUT2D eigenvalue weighted by atomic mass is 16.2. The molecule has 2 N–H and O–H groups in total. The van der Waals surface area contributed by atoms with Gasteiger partial charge in [0.1, 0.15) is 5.82 Å². The van der Waals surface area contributed by atoms with Crippen molar-refractivity contribution in [2.75, 3.05) is 30.9 Å². The zero-order valence-corrected chi connectivity index (χ0v) is 13.5. The van der Waals surface area contributed by atoms with Crippen LogP contribution in [0.5, 0.6) is 0 Å². The first-order valence-electron chi connectivity index (χ1n) is 7.27. The van der Waals surface area contributed by atoms with Crippen molar-refractivity contribution in [2.45, 2.75) is 0 Å². The van der Waals surface area contributed by atoms with Crippen LogP contribution in [0.2, 0.25) is 0 Å². The maximum Gasteiger partial charge on any atom is 0.251 e. The molecule has 0 spiro atoms. The molecule has 1 heterocycles. The minimum atomic E-state index is -0.340. The van der Waals surface area contributed by atoms with Gasteiger partial charge in [-0.25, -0.2) is 4.98 Å². The molecule has 0 aliphatic rings. The number of pyridine rings is 1. The van der Waals surface area contributed by atoms with E-state index in [-0.39, 0.29) is 18.4 Å². The summed E-state index contributed by atoms with van der Waals surface area (Å²) in [5.41, 5.74) is 1.70. The van der Waals surface area contributed by atoms with Gasteiger partial charge in [-0.2, -0.15) is 0 Å². The first-order valence-corrected chi connectivity index (χ1v) is 7.27. The minimum absolute atomic E-state index is 0.140. The number of rotatable bonds is 5. The molecule has 0 atom stereocenters. The van der Waals surface area contributed by atoms with Crippen LogP contribution in [0.25, 0.3) is 0 Å². The third kappa shape index (κ3) is 4.58. The van der Waals surface area contributed by atoms with Crippen molar-refractivity contribution in [2.24, 2.45) is 0 Å². The van der Waals surface area contributed by atoms with Gasteiger partial charge >= 0.3 is 0 Å². The highest BCUT2D eigenvalue weighted by Crippen LogP contribution is 2.10. The lowest BCUT2D eigenvalue weighted by Crippen LogP contribution is -2.33. The van der Waals surface area contributed by atoms with Gasteiger partial charge < -0.3 is 15.5 Å². The van der Waals surface area contributed by atoms with E-state index < -0.39 is 0 Å². The van der Waals surface area contributed by atoms with Gasteiger partial charge in [0.15, 0.2) is 0 Å². The molecule has 0 bridgehead atoms. The predicted octanol–water partition coefficient (Wildman–Crippen LogP) is 1.50. The molecule has 24 heavy (non-hydrogen) atoms. The van der Waals surface area contributed by atoms with E-state index in [1.54, 1.807) is 47.5 Å². The summed E-state index contributed by atoms with van der Waals surface area (Å²) in [5, 5.41) is 5.26. The van der Waals surface area contributed by atoms with Crippen LogP contribution < -0.4 is 15.5 Å². The number of nitrogens with zero attached hydrogens (tertiary/aromatic N) is 2. The first-order chi connectivity index (χ1) is 11.5. The highest BCUT2D eigenvalue weighted by molar-refractivity contribution is 5.99. The zero-order chi connectivity index (χ0) is 17.5. The van der Waals surface area contributed by atoms with Gasteiger partial charge in [-0.15, -0.1) is 6.42 Å². The summed E-state index contributed by atoms with van der Waals surface area (Å²) in [4.78, 5) is 30.0. The largest absolute Gasteiger partial charge is 0.363 e. The predicted molar refractivity (Wildman–Crippen MR) is 93.9 cm³/mol. The molecule has 0 aliphatic carbocycles.